The van der Waals surface area contributed by atoms with Crippen molar-refractivity contribution in [3.05, 3.63) is 29.8 Å². The quantitative estimate of drug-likeness (QED) is 0.556. The molecule has 0 unspecified atom stereocenters. The number of hydrogen-bond acceptors (Lipinski definition) is 4. The number of ether oxygens (including phenoxy) is 1. The standard InChI is InChI=1S/C10H14N2O2/c1-11-7-12-9-5-3-8(4-6-9)10(13)14-2/h3-6,11-12H,7H2,1-2H3. The van der Waals surface area contributed by atoms with E-state index in [9.17, 15) is 4.79 Å². The minimum absolute atomic E-state index is 0.315. The summed E-state index contributed by atoms with van der Waals surface area (Å²) in [5, 5.41) is 6.08. The first-order chi connectivity index (χ1) is 6.77. The summed E-state index contributed by atoms with van der Waals surface area (Å²) in [7, 11) is 3.23. The van der Waals surface area contributed by atoms with Crippen LogP contribution < -0.4 is 10.6 Å². The number of methoxy groups -OCH3 is 1. The Hall–Kier alpha value is -1.55. The van der Waals surface area contributed by atoms with Crippen molar-refractivity contribution in [1.29, 1.82) is 0 Å². The molecule has 0 saturated heterocycles. The minimum atomic E-state index is -0.315. The molecule has 1 aromatic rings. The van der Waals surface area contributed by atoms with Gasteiger partial charge in [-0.1, -0.05) is 0 Å². The lowest BCUT2D eigenvalue weighted by molar-refractivity contribution is 0.0601. The Balaban J connectivity index is 2.63. The maximum absolute atomic E-state index is 11.1. The van der Waals surface area contributed by atoms with Crippen LogP contribution >= 0.6 is 0 Å². The summed E-state index contributed by atoms with van der Waals surface area (Å²) in [6.07, 6.45) is 0. The second-order valence-electron chi connectivity index (χ2n) is 2.78. The van der Waals surface area contributed by atoms with E-state index in [-0.39, 0.29) is 5.97 Å². The highest BCUT2D eigenvalue weighted by atomic mass is 16.5. The van der Waals surface area contributed by atoms with E-state index in [1.165, 1.54) is 7.11 Å². The van der Waals surface area contributed by atoms with E-state index in [1.54, 1.807) is 12.1 Å². The van der Waals surface area contributed by atoms with Gasteiger partial charge in [0.1, 0.15) is 0 Å². The summed E-state index contributed by atoms with van der Waals surface area (Å²) < 4.78 is 4.59. The zero-order chi connectivity index (χ0) is 10.4. The number of hydrogen-bond donors (Lipinski definition) is 2. The van der Waals surface area contributed by atoms with Crippen LogP contribution in [0.25, 0.3) is 0 Å². The molecule has 0 radical (unpaired) electrons. The van der Waals surface area contributed by atoms with Gasteiger partial charge in [0, 0.05) is 5.69 Å². The fourth-order valence-corrected chi connectivity index (χ4v) is 1.03. The molecule has 14 heavy (non-hydrogen) atoms. The average Bonchev–Trinajstić information content (AvgIpc) is 2.26. The summed E-state index contributed by atoms with van der Waals surface area (Å²) in [6.45, 7) is 0.692. The minimum Gasteiger partial charge on any atom is -0.465 e. The van der Waals surface area contributed by atoms with Crippen LogP contribution in [0.4, 0.5) is 5.69 Å². The van der Waals surface area contributed by atoms with E-state index in [0.29, 0.717) is 12.2 Å². The predicted molar refractivity (Wildman–Crippen MR) is 55.3 cm³/mol. The van der Waals surface area contributed by atoms with Crippen LogP contribution in [-0.2, 0) is 4.74 Å². The average molecular weight is 194 g/mol. The van der Waals surface area contributed by atoms with Gasteiger partial charge in [-0.15, -0.1) is 0 Å². The highest BCUT2D eigenvalue weighted by Gasteiger charge is 2.03. The molecular weight excluding hydrogens is 180 g/mol. The number of anilines is 1. The smallest absolute Gasteiger partial charge is 0.337 e. The predicted octanol–water partition coefficient (Wildman–Crippen LogP) is 1.06. The van der Waals surface area contributed by atoms with E-state index in [2.05, 4.69) is 15.4 Å². The Bertz CT molecular complexity index is 295. The molecule has 0 fully saturated rings. The van der Waals surface area contributed by atoms with Crippen molar-refractivity contribution in [2.45, 2.75) is 0 Å². The van der Waals surface area contributed by atoms with Crippen LogP contribution in [-0.4, -0.2) is 26.8 Å². The van der Waals surface area contributed by atoms with E-state index >= 15 is 0 Å². The molecule has 0 aromatic heterocycles. The van der Waals surface area contributed by atoms with Crippen molar-refractivity contribution in [2.24, 2.45) is 0 Å². The molecule has 0 spiro atoms. The van der Waals surface area contributed by atoms with E-state index in [1.807, 2.05) is 19.2 Å². The Morgan fingerprint density at radius 3 is 2.50 bits per heavy atom. The third-order valence-corrected chi connectivity index (χ3v) is 1.78. The SMILES string of the molecule is CNCNc1ccc(C(=O)OC)cc1. The summed E-state index contributed by atoms with van der Waals surface area (Å²) >= 11 is 0. The first kappa shape index (κ1) is 10.5. The lowest BCUT2D eigenvalue weighted by Crippen LogP contribution is -2.16. The van der Waals surface area contributed by atoms with Gasteiger partial charge in [0.2, 0.25) is 0 Å². The van der Waals surface area contributed by atoms with Crippen LogP contribution in [0.15, 0.2) is 24.3 Å². The molecule has 0 amide bonds. The van der Waals surface area contributed by atoms with Gasteiger partial charge in [0.05, 0.1) is 19.3 Å². The zero-order valence-electron chi connectivity index (χ0n) is 8.33. The third-order valence-electron chi connectivity index (χ3n) is 1.78. The molecule has 0 aliphatic carbocycles. The Kier molecular flexibility index (Phi) is 3.94. The molecule has 4 nitrogen and oxygen atoms in total. The number of esters is 1. The fourth-order valence-electron chi connectivity index (χ4n) is 1.03. The lowest BCUT2D eigenvalue weighted by Gasteiger charge is -2.05. The van der Waals surface area contributed by atoms with Gasteiger partial charge in [0.25, 0.3) is 0 Å². The highest BCUT2D eigenvalue weighted by Crippen LogP contribution is 2.09. The third kappa shape index (κ3) is 2.74. The van der Waals surface area contributed by atoms with Gasteiger partial charge in [0.15, 0.2) is 0 Å². The Labute approximate surface area is 83.3 Å². The second-order valence-corrected chi connectivity index (χ2v) is 2.78. The number of rotatable bonds is 4. The molecule has 0 saturated carbocycles. The number of carbonyl (C=O) groups is 1. The van der Waals surface area contributed by atoms with Crippen LogP contribution in [0, 0.1) is 0 Å². The lowest BCUT2D eigenvalue weighted by atomic mass is 10.2. The first-order valence-corrected chi connectivity index (χ1v) is 4.34. The molecule has 0 atom stereocenters. The highest BCUT2D eigenvalue weighted by molar-refractivity contribution is 5.89. The molecule has 0 bridgehead atoms. The van der Waals surface area contributed by atoms with Crippen molar-refractivity contribution in [3.8, 4) is 0 Å². The molecule has 76 valence electrons. The van der Waals surface area contributed by atoms with Crippen LogP contribution in [0.2, 0.25) is 0 Å². The van der Waals surface area contributed by atoms with Gasteiger partial charge in [-0.05, 0) is 31.3 Å². The normalized spacial score (nSPS) is 9.57. The van der Waals surface area contributed by atoms with Crippen molar-refractivity contribution in [1.82, 2.24) is 5.32 Å². The molecule has 2 N–H and O–H groups in total. The van der Waals surface area contributed by atoms with Crippen LogP contribution in [0.5, 0.6) is 0 Å². The van der Waals surface area contributed by atoms with Gasteiger partial charge in [-0.2, -0.15) is 0 Å². The topological polar surface area (TPSA) is 50.4 Å². The van der Waals surface area contributed by atoms with Crippen molar-refractivity contribution < 1.29 is 9.53 Å². The molecule has 0 aliphatic rings. The number of benzene rings is 1. The van der Waals surface area contributed by atoms with Gasteiger partial charge < -0.3 is 15.4 Å². The zero-order valence-corrected chi connectivity index (χ0v) is 8.33. The van der Waals surface area contributed by atoms with Gasteiger partial charge in [-0.3, -0.25) is 0 Å². The molecule has 0 aliphatic heterocycles. The maximum Gasteiger partial charge on any atom is 0.337 e. The molecule has 4 heteroatoms. The summed E-state index contributed by atoms with van der Waals surface area (Å²) in [5.74, 6) is -0.315. The van der Waals surface area contributed by atoms with E-state index in [0.717, 1.165) is 5.69 Å². The van der Waals surface area contributed by atoms with Gasteiger partial charge >= 0.3 is 5.97 Å². The Morgan fingerprint density at radius 1 is 1.36 bits per heavy atom. The summed E-state index contributed by atoms with van der Waals surface area (Å²) in [4.78, 5) is 11.1. The largest absolute Gasteiger partial charge is 0.465 e. The number of nitrogens with one attached hydrogen (secondary N) is 2. The maximum atomic E-state index is 11.1. The van der Waals surface area contributed by atoms with Crippen molar-refractivity contribution in [3.63, 3.8) is 0 Å². The van der Waals surface area contributed by atoms with Crippen molar-refractivity contribution in [2.75, 3.05) is 26.1 Å². The summed E-state index contributed by atoms with van der Waals surface area (Å²) in [5.41, 5.74) is 1.52. The van der Waals surface area contributed by atoms with Crippen molar-refractivity contribution >= 4 is 11.7 Å². The summed E-state index contributed by atoms with van der Waals surface area (Å²) in [6, 6.07) is 7.13. The van der Waals surface area contributed by atoms with Crippen LogP contribution in [0.1, 0.15) is 10.4 Å². The Morgan fingerprint density at radius 2 is 2.00 bits per heavy atom. The van der Waals surface area contributed by atoms with Crippen LogP contribution in [0.3, 0.4) is 0 Å². The molecular formula is C10H14N2O2. The molecule has 1 rings (SSSR count). The monoisotopic (exact) mass is 194 g/mol. The molecule has 1 aromatic carbocycles. The first-order valence-electron chi connectivity index (χ1n) is 4.34. The van der Waals surface area contributed by atoms with Gasteiger partial charge in [-0.25, -0.2) is 4.79 Å². The molecule has 0 heterocycles. The second kappa shape index (κ2) is 5.24. The number of carbonyl (C=O) groups excluding carboxylic acids is 1. The van der Waals surface area contributed by atoms with E-state index in [4.69, 9.17) is 0 Å². The fraction of sp³-hybridized carbons (Fsp3) is 0.300. The van der Waals surface area contributed by atoms with E-state index < -0.39 is 0 Å².